The Morgan fingerprint density at radius 2 is 1.54 bits per heavy atom. The maximum atomic E-state index is 13.1. The van der Waals surface area contributed by atoms with Crippen LogP contribution in [0.15, 0.2) is 78.9 Å². The van der Waals surface area contributed by atoms with Crippen LogP contribution in [0.2, 0.25) is 0 Å². The van der Waals surface area contributed by atoms with E-state index >= 15 is 0 Å². The summed E-state index contributed by atoms with van der Waals surface area (Å²) in [6.45, 7) is 3.27. The summed E-state index contributed by atoms with van der Waals surface area (Å²) in [5.74, 6) is -2.01. The molecule has 6 nitrogen and oxygen atoms in total. The summed E-state index contributed by atoms with van der Waals surface area (Å²) in [6, 6.07) is 22.6. The smallest absolute Gasteiger partial charge is 0.338 e. The molecular formula is C29H21NO5. The normalized spacial score (nSPS) is 12.7. The number of nitrogens with zero attached hydrogens (tertiary/aromatic N) is 1. The van der Waals surface area contributed by atoms with Crippen LogP contribution in [0.5, 0.6) is 0 Å². The molecule has 0 bridgehead atoms. The van der Waals surface area contributed by atoms with Crippen molar-refractivity contribution in [2.75, 3.05) is 11.5 Å². The van der Waals surface area contributed by atoms with Gasteiger partial charge in [-0.2, -0.15) is 0 Å². The summed E-state index contributed by atoms with van der Waals surface area (Å²) in [5.41, 5.74) is 3.14. The number of carbonyl (C=O) groups is 4. The van der Waals surface area contributed by atoms with Crippen LogP contribution in [0.4, 0.5) is 5.69 Å². The molecule has 0 saturated heterocycles. The first kappa shape index (κ1) is 22.2. The van der Waals surface area contributed by atoms with Gasteiger partial charge in [-0.15, -0.1) is 0 Å². The van der Waals surface area contributed by atoms with Gasteiger partial charge in [-0.25, -0.2) is 9.69 Å². The molecule has 6 heteroatoms. The Bertz CT molecular complexity index is 1550. The SMILES string of the molecule is Cc1ccc(C)c(N2C(=O)c3ccc(C(=O)OCC(=O)c4cccc5ccccc45)cc3C2=O)c1. The second-order valence-electron chi connectivity index (χ2n) is 8.52. The van der Waals surface area contributed by atoms with E-state index in [1.165, 1.54) is 18.2 Å². The van der Waals surface area contributed by atoms with E-state index in [9.17, 15) is 19.2 Å². The Morgan fingerprint density at radius 3 is 2.37 bits per heavy atom. The van der Waals surface area contributed by atoms with Gasteiger partial charge in [0, 0.05) is 5.56 Å². The van der Waals surface area contributed by atoms with Gasteiger partial charge in [0.1, 0.15) is 0 Å². The molecule has 35 heavy (non-hydrogen) atoms. The molecule has 0 radical (unpaired) electrons. The predicted octanol–water partition coefficient (Wildman–Crippen LogP) is 5.30. The molecule has 172 valence electrons. The average molecular weight is 463 g/mol. The van der Waals surface area contributed by atoms with Crippen LogP contribution in [0, 0.1) is 13.8 Å². The van der Waals surface area contributed by atoms with Gasteiger partial charge >= 0.3 is 5.97 Å². The molecule has 1 aliphatic rings. The fraction of sp³-hybridized carbons (Fsp3) is 0.103. The molecule has 4 aromatic carbocycles. The summed E-state index contributed by atoms with van der Waals surface area (Å²) in [6.07, 6.45) is 0. The lowest BCUT2D eigenvalue weighted by Gasteiger charge is -2.17. The maximum absolute atomic E-state index is 13.1. The second kappa shape index (κ2) is 8.65. The number of amides is 2. The molecule has 0 fully saturated rings. The Morgan fingerprint density at radius 1 is 0.800 bits per heavy atom. The number of esters is 1. The summed E-state index contributed by atoms with van der Waals surface area (Å²) in [4.78, 5) is 52.7. The van der Waals surface area contributed by atoms with Gasteiger partial charge in [0.2, 0.25) is 5.78 Å². The summed E-state index contributed by atoms with van der Waals surface area (Å²) < 4.78 is 5.26. The highest BCUT2D eigenvalue weighted by molar-refractivity contribution is 6.35. The van der Waals surface area contributed by atoms with E-state index < -0.39 is 24.4 Å². The number of Topliss-reactive ketones (excluding diaryl/α,β-unsaturated/α-hetero) is 1. The van der Waals surface area contributed by atoms with Crippen molar-refractivity contribution in [3.05, 3.63) is 112 Å². The number of rotatable bonds is 5. The molecule has 0 aromatic heterocycles. The van der Waals surface area contributed by atoms with E-state index in [0.717, 1.165) is 26.8 Å². The molecule has 1 heterocycles. The van der Waals surface area contributed by atoms with Crippen molar-refractivity contribution in [3.63, 3.8) is 0 Å². The highest BCUT2D eigenvalue weighted by Crippen LogP contribution is 2.32. The van der Waals surface area contributed by atoms with E-state index in [4.69, 9.17) is 4.74 Å². The van der Waals surface area contributed by atoms with Crippen molar-refractivity contribution < 1.29 is 23.9 Å². The highest BCUT2D eigenvalue weighted by Gasteiger charge is 2.38. The van der Waals surface area contributed by atoms with Gasteiger partial charge in [0.25, 0.3) is 11.8 Å². The number of benzene rings is 4. The van der Waals surface area contributed by atoms with Gasteiger partial charge in [-0.3, -0.25) is 14.4 Å². The topological polar surface area (TPSA) is 80.8 Å². The van der Waals surface area contributed by atoms with Crippen LogP contribution in [0.25, 0.3) is 10.8 Å². The number of ketones is 1. The fourth-order valence-electron chi connectivity index (χ4n) is 4.31. The second-order valence-corrected chi connectivity index (χ2v) is 8.52. The van der Waals surface area contributed by atoms with E-state index in [1.54, 1.807) is 18.2 Å². The Balaban J connectivity index is 1.36. The van der Waals surface area contributed by atoms with Crippen molar-refractivity contribution in [1.82, 2.24) is 0 Å². The zero-order valence-electron chi connectivity index (χ0n) is 19.2. The first-order valence-corrected chi connectivity index (χ1v) is 11.1. The number of aryl methyl sites for hydroxylation is 2. The molecule has 0 N–H and O–H groups in total. The minimum absolute atomic E-state index is 0.0958. The summed E-state index contributed by atoms with van der Waals surface area (Å²) in [5, 5.41) is 1.70. The monoisotopic (exact) mass is 463 g/mol. The van der Waals surface area contributed by atoms with E-state index in [2.05, 4.69) is 0 Å². The molecule has 5 rings (SSSR count). The van der Waals surface area contributed by atoms with Crippen LogP contribution >= 0.6 is 0 Å². The van der Waals surface area contributed by atoms with Gasteiger partial charge in [-0.05, 0) is 60.0 Å². The van der Waals surface area contributed by atoms with E-state index in [0.29, 0.717) is 11.3 Å². The van der Waals surface area contributed by atoms with Gasteiger partial charge < -0.3 is 4.74 Å². The number of imide groups is 1. The molecule has 0 spiro atoms. The van der Waals surface area contributed by atoms with Crippen molar-refractivity contribution >= 4 is 40.0 Å². The molecule has 0 unspecified atom stereocenters. The molecule has 0 atom stereocenters. The van der Waals surface area contributed by atoms with Crippen LogP contribution in [-0.2, 0) is 4.74 Å². The predicted molar refractivity (Wildman–Crippen MR) is 132 cm³/mol. The number of fused-ring (bicyclic) bond motifs is 2. The zero-order valence-corrected chi connectivity index (χ0v) is 19.2. The van der Waals surface area contributed by atoms with Crippen LogP contribution in [0.3, 0.4) is 0 Å². The first-order chi connectivity index (χ1) is 16.8. The lowest BCUT2D eigenvalue weighted by atomic mass is 10.0. The highest BCUT2D eigenvalue weighted by atomic mass is 16.5. The average Bonchev–Trinajstić information content (AvgIpc) is 3.12. The van der Waals surface area contributed by atoms with Crippen molar-refractivity contribution in [2.45, 2.75) is 13.8 Å². The molecular weight excluding hydrogens is 442 g/mol. The van der Waals surface area contributed by atoms with E-state index in [1.807, 2.05) is 56.3 Å². The minimum Gasteiger partial charge on any atom is -0.454 e. The lowest BCUT2D eigenvalue weighted by molar-refractivity contribution is 0.0475. The van der Waals surface area contributed by atoms with Crippen molar-refractivity contribution in [2.24, 2.45) is 0 Å². The number of hydrogen-bond acceptors (Lipinski definition) is 5. The van der Waals surface area contributed by atoms with Crippen molar-refractivity contribution in [3.8, 4) is 0 Å². The Hall–Kier alpha value is -4.58. The standard InChI is InChI=1S/C29H21NO5/c1-17-10-11-18(2)25(14-17)30-27(32)23-13-12-20(15-24(23)28(30)33)29(34)35-16-26(31)22-9-5-7-19-6-3-4-8-21(19)22/h3-15H,16H2,1-2H3. The van der Waals surface area contributed by atoms with Gasteiger partial charge in [0.05, 0.1) is 22.4 Å². The third-order valence-electron chi connectivity index (χ3n) is 6.15. The quantitative estimate of drug-likeness (QED) is 0.228. The zero-order chi connectivity index (χ0) is 24.7. The van der Waals surface area contributed by atoms with E-state index in [-0.39, 0.29) is 22.5 Å². The largest absolute Gasteiger partial charge is 0.454 e. The fourth-order valence-corrected chi connectivity index (χ4v) is 4.31. The molecule has 2 amide bonds. The molecule has 0 aliphatic carbocycles. The molecule has 1 aliphatic heterocycles. The Kier molecular flexibility index (Phi) is 5.49. The maximum Gasteiger partial charge on any atom is 0.338 e. The van der Waals surface area contributed by atoms with Crippen LogP contribution in [0.1, 0.15) is 52.6 Å². The van der Waals surface area contributed by atoms with Crippen molar-refractivity contribution in [1.29, 1.82) is 0 Å². The lowest BCUT2D eigenvalue weighted by Crippen LogP contribution is -2.30. The van der Waals surface area contributed by atoms with Gasteiger partial charge in [-0.1, -0.05) is 54.6 Å². The Labute approximate surface area is 201 Å². The first-order valence-electron chi connectivity index (χ1n) is 11.1. The molecule has 4 aromatic rings. The number of anilines is 1. The minimum atomic E-state index is -0.744. The van der Waals surface area contributed by atoms with Crippen LogP contribution < -0.4 is 4.90 Å². The molecule has 0 saturated carbocycles. The number of ether oxygens (including phenoxy) is 1. The number of hydrogen-bond donors (Lipinski definition) is 0. The van der Waals surface area contributed by atoms with Crippen LogP contribution in [-0.4, -0.2) is 30.2 Å². The van der Waals surface area contributed by atoms with Gasteiger partial charge in [0.15, 0.2) is 6.61 Å². The number of carbonyl (C=O) groups excluding carboxylic acids is 4. The third kappa shape index (κ3) is 3.89. The third-order valence-corrected chi connectivity index (χ3v) is 6.15. The summed E-state index contributed by atoms with van der Waals surface area (Å²) in [7, 11) is 0. The summed E-state index contributed by atoms with van der Waals surface area (Å²) >= 11 is 0.